The molecule has 0 atom stereocenters. The molecule has 6 heteroatoms. The van der Waals surface area contributed by atoms with Gasteiger partial charge in [0.1, 0.15) is 6.34 Å². The molecule has 0 aromatic heterocycles. The van der Waals surface area contributed by atoms with Gasteiger partial charge in [0.15, 0.2) is 0 Å². The molecule has 0 bridgehead atoms. The highest BCUT2D eigenvalue weighted by Gasteiger charge is 2.11. The van der Waals surface area contributed by atoms with Crippen LogP contribution in [0.4, 0.5) is 0 Å². The summed E-state index contributed by atoms with van der Waals surface area (Å²) in [5, 5.41) is 0. The van der Waals surface area contributed by atoms with Crippen LogP contribution in [-0.4, -0.2) is 33.8 Å². The zero-order valence-corrected chi connectivity index (χ0v) is 10.8. The van der Waals surface area contributed by atoms with E-state index in [1.807, 2.05) is 0 Å². The highest BCUT2D eigenvalue weighted by atomic mass is 79.9. The molecule has 15 heavy (non-hydrogen) atoms. The summed E-state index contributed by atoms with van der Waals surface area (Å²) in [7, 11) is -0.164. The van der Waals surface area contributed by atoms with Crippen molar-refractivity contribution in [2.24, 2.45) is 4.40 Å². The van der Waals surface area contributed by atoms with Gasteiger partial charge in [0.2, 0.25) is 0 Å². The molecule has 1 rings (SSSR count). The van der Waals surface area contributed by atoms with Crippen LogP contribution in [0.15, 0.2) is 38.0 Å². The molecule has 82 valence electrons. The number of sulfonamides is 1. The third-order valence-electron chi connectivity index (χ3n) is 1.51. The molecule has 0 unspecified atom stereocenters. The molecule has 0 aliphatic carbocycles. The van der Waals surface area contributed by atoms with Gasteiger partial charge in [-0.2, -0.15) is 8.42 Å². The predicted molar refractivity (Wildman–Crippen MR) is 63.5 cm³/mol. The van der Waals surface area contributed by atoms with Gasteiger partial charge in [-0.05, 0) is 18.2 Å². The molecule has 0 radical (unpaired) electrons. The van der Waals surface area contributed by atoms with Crippen LogP contribution in [0.1, 0.15) is 0 Å². The molecule has 0 N–H and O–H groups in total. The lowest BCUT2D eigenvalue weighted by Crippen LogP contribution is -2.10. The molecule has 1 aromatic rings. The second-order valence-electron chi connectivity index (χ2n) is 3.12. The maximum absolute atomic E-state index is 11.6. The summed E-state index contributed by atoms with van der Waals surface area (Å²) in [5.74, 6) is 0. The van der Waals surface area contributed by atoms with E-state index in [4.69, 9.17) is 0 Å². The van der Waals surface area contributed by atoms with Crippen molar-refractivity contribution in [2.45, 2.75) is 4.90 Å². The minimum Gasteiger partial charge on any atom is -0.368 e. The smallest absolute Gasteiger partial charge is 0.283 e. The quantitative estimate of drug-likeness (QED) is 0.629. The topological polar surface area (TPSA) is 49.7 Å². The summed E-state index contributed by atoms with van der Waals surface area (Å²) in [6, 6.07) is 6.44. The van der Waals surface area contributed by atoms with E-state index in [1.165, 1.54) is 18.5 Å². The molecule has 0 fully saturated rings. The highest BCUT2D eigenvalue weighted by molar-refractivity contribution is 9.10. The number of nitrogens with zero attached hydrogens (tertiary/aromatic N) is 2. The van der Waals surface area contributed by atoms with Crippen molar-refractivity contribution < 1.29 is 8.42 Å². The lowest BCUT2D eigenvalue weighted by Gasteiger charge is -2.03. The number of hydrogen-bond acceptors (Lipinski definition) is 2. The average molecular weight is 291 g/mol. The third kappa shape index (κ3) is 3.64. The Bertz CT molecular complexity index is 469. The minimum atomic E-state index is -3.58. The van der Waals surface area contributed by atoms with Crippen LogP contribution in [0.5, 0.6) is 0 Å². The maximum Gasteiger partial charge on any atom is 0.283 e. The van der Waals surface area contributed by atoms with Crippen molar-refractivity contribution in [2.75, 3.05) is 14.1 Å². The number of halogens is 1. The third-order valence-corrected chi connectivity index (χ3v) is 3.23. The fourth-order valence-corrected chi connectivity index (χ4v) is 2.36. The van der Waals surface area contributed by atoms with Crippen LogP contribution in [0.3, 0.4) is 0 Å². The molecule has 0 heterocycles. The second-order valence-corrected chi connectivity index (χ2v) is 5.66. The van der Waals surface area contributed by atoms with Crippen LogP contribution < -0.4 is 0 Å². The largest absolute Gasteiger partial charge is 0.368 e. The number of benzene rings is 1. The van der Waals surface area contributed by atoms with Gasteiger partial charge in [-0.25, -0.2) is 0 Å². The Morgan fingerprint density at radius 3 is 2.60 bits per heavy atom. The van der Waals surface area contributed by atoms with E-state index >= 15 is 0 Å². The van der Waals surface area contributed by atoms with Crippen molar-refractivity contribution in [1.29, 1.82) is 0 Å². The first-order chi connectivity index (χ1) is 6.92. The molecule has 1 aromatic carbocycles. The lowest BCUT2D eigenvalue weighted by atomic mass is 10.4. The van der Waals surface area contributed by atoms with E-state index in [1.54, 1.807) is 31.1 Å². The van der Waals surface area contributed by atoms with E-state index in [9.17, 15) is 8.42 Å². The number of rotatable bonds is 3. The van der Waals surface area contributed by atoms with E-state index in [-0.39, 0.29) is 4.90 Å². The molecule has 0 spiro atoms. The lowest BCUT2D eigenvalue weighted by molar-refractivity contribution is 0.594. The van der Waals surface area contributed by atoms with Crippen molar-refractivity contribution in [1.82, 2.24) is 4.90 Å². The molecular formula is C9H11BrN2O2S. The van der Waals surface area contributed by atoms with Crippen LogP contribution in [-0.2, 0) is 10.0 Å². The molecule has 0 aliphatic heterocycles. The Balaban J connectivity index is 3.07. The Morgan fingerprint density at radius 1 is 1.40 bits per heavy atom. The van der Waals surface area contributed by atoms with Gasteiger partial charge in [0.05, 0.1) is 4.90 Å². The van der Waals surface area contributed by atoms with Crippen molar-refractivity contribution in [3.05, 3.63) is 28.7 Å². The van der Waals surface area contributed by atoms with Crippen molar-refractivity contribution >= 4 is 32.3 Å². The molecule has 4 nitrogen and oxygen atoms in total. The fourth-order valence-electron chi connectivity index (χ4n) is 0.845. The highest BCUT2D eigenvalue weighted by Crippen LogP contribution is 2.17. The molecule has 0 saturated heterocycles. The van der Waals surface area contributed by atoms with Crippen molar-refractivity contribution in [3.63, 3.8) is 0 Å². The molecule has 0 aliphatic rings. The van der Waals surface area contributed by atoms with Crippen LogP contribution in [0, 0.1) is 0 Å². The Hall–Kier alpha value is -0.880. The monoisotopic (exact) mass is 290 g/mol. The van der Waals surface area contributed by atoms with Crippen LogP contribution in [0.2, 0.25) is 0 Å². The summed E-state index contributed by atoms with van der Waals surface area (Å²) in [5.41, 5.74) is 0. The summed E-state index contributed by atoms with van der Waals surface area (Å²) in [6.45, 7) is 0. The van der Waals surface area contributed by atoms with Gasteiger partial charge < -0.3 is 4.90 Å². The molecule has 0 amide bonds. The van der Waals surface area contributed by atoms with Crippen LogP contribution in [0.25, 0.3) is 0 Å². The average Bonchev–Trinajstić information content (AvgIpc) is 2.15. The summed E-state index contributed by atoms with van der Waals surface area (Å²) < 4.78 is 27.5. The van der Waals surface area contributed by atoms with Gasteiger partial charge in [0.25, 0.3) is 10.0 Å². The standard InChI is InChI=1S/C9H11BrN2O2S/c1-12(2)7-11-15(13,14)9-5-3-4-8(10)6-9/h3-7H,1-2H3/b11-7+. The minimum absolute atomic E-state index is 0.176. The Kier molecular flexibility index (Phi) is 3.87. The first-order valence-corrected chi connectivity index (χ1v) is 6.37. The van der Waals surface area contributed by atoms with Gasteiger partial charge in [-0.1, -0.05) is 22.0 Å². The summed E-state index contributed by atoms with van der Waals surface area (Å²) >= 11 is 3.21. The van der Waals surface area contributed by atoms with Gasteiger partial charge >= 0.3 is 0 Å². The van der Waals surface area contributed by atoms with E-state index in [0.717, 1.165) is 0 Å². The Morgan fingerprint density at radius 2 is 2.07 bits per heavy atom. The maximum atomic E-state index is 11.6. The SMILES string of the molecule is CN(C)/C=N/S(=O)(=O)c1cccc(Br)c1. The Labute approximate surface area is 97.8 Å². The first-order valence-electron chi connectivity index (χ1n) is 4.14. The zero-order valence-electron chi connectivity index (χ0n) is 8.38. The molecular weight excluding hydrogens is 280 g/mol. The van der Waals surface area contributed by atoms with Crippen molar-refractivity contribution in [3.8, 4) is 0 Å². The van der Waals surface area contributed by atoms with Gasteiger partial charge in [0, 0.05) is 18.6 Å². The van der Waals surface area contributed by atoms with Gasteiger partial charge in [-0.3, -0.25) is 0 Å². The first kappa shape index (κ1) is 12.2. The van der Waals surface area contributed by atoms with E-state index in [0.29, 0.717) is 4.47 Å². The van der Waals surface area contributed by atoms with Gasteiger partial charge in [-0.15, -0.1) is 4.40 Å². The van der Waals surface area contributed by atoms with Crippen LogP contribution >= 0.6 is 15.9 Å². The summed E-state index contributed by atoms with van der Waals surface area (Å²) in [6.07, 6.45) is 1.26. The molecule has 0 saturated carbocycles. The predicted octanol–water partition coefficient (Wildman–Crippen LogP) is 1.73. The second kappa shape index (κ2) is 4.76. The van der Waals surface area contributed by atoms with E-state index < -0.39 is 10.0 Å². The summed E-state index contributed by atoms with van der Waals surface area (Å²) in [4.78, 5) is 1.74. The fraction of sp³-hybridized carbons (Fsp3) is 0.222. The zero-order chi connectivity index (χ0) is 11.5. The van der Waals surface area contributed by atoms with E-state index in [2.05, 4.69) is 20.3 Å². The normalized spacial score (nSPS) is 11.9. The number of hydrogen-bond donors (Lipinski definition) is 0.